The lowest BCUT2D eigenvalue weighted by atomic mass is 10.0. The molecule has 4 rings (SSSR count). The Bertz CT molecular complexity index is 903. The van der Waals surface area contributed by atoms with Crippen molar-refractivity contribution in [3.8, 4) is 0 Å². The Morgan fingerprint density at radius 1 is 1.38 bits per heavy atom. The number of piperidine rings is 1. The average molecular weight is 344 g/mol. The predicted molar refractivity (Wildman–Crippen MR) is 90.5 cm³/mol. The fourth-order valence-corrected chi connectivity index (χ4v) is 3.81. The fourth-order valence-electron chi connectivity index (χ4n) is 3.23. The van der Waals surface area contributed by atoms with Gasteiger partial charge in [-0.3, -0.25) is 4.79 Å². The van der Waals surface area contributed by atoms with E-state index < -0.39 is 0 Å². The molecule has 5 nitrogen and oxygen atoms in total. The van der Waals surface area contributed by atoms with E-state index in [-0.39, 0.29) is 17.8 Å². The zero-order valence-corrected chi connectivity index (χ0v) is 14.1. The standard InChI is InChI=1S/C17H17FN4OS/c1-10-19-14(9-24-10)17(23)22-7-3-2-4-15(22)16-20-12-6-5-11(18)8-13(12)21-16/h5-6,8-9,15H,2-4,7H2,1H3,(H,20,21)/t15-/m1/s1. The predicted octanol–water partition coefficient (Wildman–Crippen LogP) is 3.83. The number of rotatable bonds is 2. The smallest absolute Gasteiger partial charge is 0.273 e. The summed E-state index contributed by atoms with van der Waals surface area (Å²) in [5, 5.41) is 2.68. The first kappa shape index (κ1) is 15.3. The van der Waals surface area contributed by atoms with Crippen LogP contribution in [0.4, 0.5) is 4.39 Å². The molecule has 1 saturated heterocycles. The van der Waals surface area contributed by atoms with Gasteiger partial charge in [0.2, 0.25) is 0 Å². The minimum atomic E-state index is -0.299. The molecule has 1 amide bonds. The van der Waals surface area contributed by atoms with E-state index in [1.54, 1.807) is 11.4 Å². The molecule has 0 radical (unpaired) electrons. The van der Waals surface area contributed by atoms with Crippen LogP contribution in [-0.2, 0) is 0 Å². The van der Waals surface area contributed by atoms with Gasteiger partial charge in [-0.05, 0) is 44.4 Å². The molecule has 3 heterocycles. The van der Waals surface area contributed by atoms with E-state index in [4.69, 9.17) is 0 Å². The summed E-state index contributed by atoms with van der Waals surface area (Å²) >= 11 is 1.48. The highest BCUT2D eigenvalue weighted by Crippen LogP contribution is 2.32. The van der Waals surface area contributed by atoms with Crippen molar-refractivity contribution in [2.45, 2.75) is 32.2 Å². The molecule has 7 heteroatoms. The largest absolute Gasteiger partial charge is 0.340 e. The third-order valence-electron chi connectivity index (χ3n) is 4.38. The summed E-state index contributed by atoms with van der Waals surface area (Å²) < 4.78 is 13.4. The van der Waals surface area contributed by atoms with Gasteiger partial charge in [0.15, 0.2) is 0 Å². The Hall–Kier alpha value is -2.28. The summed E-state index contributed by atoms with van der Waals surface area (Å²) in [6.45, 7) is 2.58. The highest BCUT2D eigenvalue weighted by Gasteiger charge is 2.31. The second-order valence-corrected chi connectivity index (χ2v) is 7.11. The molecule has 0 aliphatic carbocycles. The van der Waals surface area contributed by atoms with Crippen LogP contribution in [0.3, 0.4) is 0 Å². The molecule has 1 aromatic carbocycles. The molecule has 1 fully saturated rings. The minimum Gasteiger partial charge on any atom is -0.340 e. The molecule has 1 aliphatic heterocycles. The lowest BCUT2D eigenvalue weighted by molar-refractivity contribution is 0.0596. The highest BCUT2D eigenvalue weighted by atomic mass is 32.1. The number of benzene rings is 1. The summed E-state index contributed by atoms with van der Waals surface area (Å²) in [5.74, 6) is 0.360. The van der Waals surface area contributed by atoms with Crippen LogP contribution in [0.2, 0.25) is 0 Å². The van der Waals surface area contributed by atoms with Crippen molar-refractivity contribution in [1.29, 1.82) is 0 Å². The maximum Gasteiger partial charge on any atom is 0.273 e. The topological polar surface area (TPSA) is 61.9 Å². The third-order valence-corrected chi connectivity index (χ3v) is 5.15. The SMILES string of the molecule is Cc1nc(C(=O)N2CCCC[C@@H]2c2nc3ccc(F)cc3[nH]2)cs1. The molecule has 1 atom stereocenters. The molecule has 1 N–H and O–H groups in total. The molecular formula is C17H17FN4OS. The first-order valence-corrected chi connectivity index (χ1v) is 8.88. The van der Waals surface area contributed by atoms with E-state index >= 15 is 0 Å². The van der Waals surface area contributed by atoms with Crippen molar-refractivity contribution in [2.75, 3.05) is 6.54 Å². The number of thiazole rings is 1. The Kier molecular flexibility index (Phi) is 3.80. The van der Waals surface area contributed by atoms with Crippen molar-refractivity contribution in [2.24, 2.45) is 0 Å². The Balaban J connectivity index is 1.69. The fraction of sp³-hybridized carbons (Fsp3) is 0.353. The van der Waals surface area contributed by atoms with Crippen molar-refractivity contribution in [3.63, 3.8) is 0 Å². The van der Waals surface area contributed by atoms with Gasteiger partial charge in [-0.1, -0.05) is 0 Å². The van der Waals surface area contributed by atoms with Crippen molar-refractivity contribution in [3.05, 3.63) is 45.9 Å². The van der Waals surface area contributed by atoms with Gasteiger partial charge in [0.25, 0.3) is 5.91 Å². The second-order valence-electron chi connectivity index (χ2n) is 6.05. The Labute approximate surface area is 142 Å². The first-order valence-electron chi connectivity index (χ1n) is 8.00. The number of aromatic nitrogens is 3. The van der Waals surface area contributed by atoms with Crippen LogP contribution in [0.25, 0.3) is 11.0 Å². The first-order chi connectivity index (χ1) is 11.6. The van der Waals surface area contributed by atoms with E-state index in [1.807, 2.05) is 11.8 Å². The number of imidazole rings is 1. The number of aromatic amines is 1. The van der Waals surface area contributed by atoms with E-state index in [2.05, 4.69) is 15.0 Å². The molecule has 0 saturated carbocycles. The Morgan fingerprint density at radius 3 is 3.04 bits per heavy atom. The molecule has 0 bridgehead atoms. The average Bonchev–Trinajstić information content (AvgIpc) is 3.20. The molecule has 0 spiro atoms. The number of fused-ring (bicyclic) bond motifs is 1. The van der Waals surface area contributed by atoms with Gasteiger partial charge in [0, 0.05) is 11.9 Å². The van der Waals surface area contributed by atoms with Crippen molar-refractivity contribution >= 4 is 28.3 Å². The lowest BCUT2D eigenvalue weighted by Gasteiger charge is -2.34. The van der Waals surface area contributed by atoms with Gasteiger partial charge in [-0.2, -0.15) is 0 Å². The van der Waals surface area contributed by atoms with E-state index in [9.17, 15) is 9.18 Å². The van der Waals surface area contributed by atoms with Crippen LogP contribution in [0.1, 0.15) is 46.6 Å². The second kappa shape index (κ2) is 5.98. The monoisotopic (exact) mass is 344 g/mol. The minimum absolute atomic E-state index is 0.0595. The van der Waals surface area contributed by atoms with Crippen LogP contribution in [0.5, 0.6) is 0 Å². The van der Waals surface area contributed by atoms with Gasteiger partial charge >= 0.3 is 0 Å². The van der Waals surface area contributed by atoms with Gasteiger partial charge in [-0.25, -0.2) is 14.4 Å². The van der Waals surface area contributed by atoms with Crippen LogP contribution in [-0.4, -0.2) is 32.3 Å². The summed E-state index contributed by atoms with van der Waals surface area (Å²) in [6, 6.07) is 4.37. The van der Waals surface area contributed by atoms with Gasteiger partial charge in [-0.15, -0.1) is 11.3 Å². The van der Waals surface area contributed by atoms with Crippen molar-refractivity contribution < 1.29 is 9.18 Å². The normalized spacial score (nSPS) is 18.2. The maximum absolute atomic E-state index is 13.4. The Morgan fingerprint density at radius 2 is 2.25 bits per heavy atom. The van der Waals surface area contributed by atoms with Gasteiger partial charge in [0.1, 0.15) is 17.3 Å². The number of likely N-dealkylation sites (tertiary alicyclic amines) is 1. The summed E-state index contributed by atoms with van der Waals surface area (Å²) in [7, 11) is 0. The number of H-pyrrole nitrogens is 1. The van der Waals surface area contributed by atoms with E-state index in [1.165, 1.54) is 23.5 Å². The van der Waals surface area contributed by atoms with Gasteiger partial charge in [0.05, 0.1) is 22.1 Å². The number of amides is 1. The van der Waals surface area contributed by atoms with E-state index in [0.717, 1.165) is 30.1 Å². The lowest BCUT2D eigenvalue weighted by Crippen LogP contribution is -2.39. The number of halogens is 1. The number of nitrogens with zero attached hydrogens (tertiary/aromatic N) is 3. The summed E-state index contributed by atoms with van der Waals surface area (Å²) in [5.41, 5.74) is 1.87. The zero-order chi connectivity index (χ0) is 16.7. The number of carbonyl (C=O) groups excluding carboxylic acids is 1. The van der Waals surface area contributed by atoms with E-state index in [0.29, 0.717) is 23.3 Å². The number of hydrogen-bond acceptors (Lipinski definition) is 4. The number of nitrogens with one attached hydrogen (secondary N) is 1. The number of hydrogen-bond donors (Lipinski definition) is 1. The molecular weight excluding hydrogens is 327 g/mol. The van der Waals surface area contributed by atoms with Crippen molar-refractivity contribution in [1.82, 2.24) is 19.9 Å². The number of aryl methyl sites for hydroxylation is 1. The maximum atomic E-state index is 13.4. The van der Waals surface area contributed by atoms with Crippen LogP contribution < -0.4 is 0 Å². The van der Waals surface area contributed by atoms with Crippen LogP contribution >= 0.6 is 11.3 Å². The summed E-state index contributed by atoms with van der Waals surface area (Å²) in [4.78, 5) is 26.7. The molecule has 2 aromatic heterocycles. The molecule has 24 heavy (non-hydrogen) atoms. The zero-order valence-electron chi connectivity index (χ0n) is 13.3. The molecule has 1 aliphatic rings. The highest BCUT2D eigenvalue weighted by molar-refractivity contribution is 7.09. The van der Waals surface area contributed by atoms with Gasteiger partial charge < -0.3 is 9.88 Å². The molecule has 3 aromatic rings. The molecule has 0 unspecified atom stereocenters. The van der Waals surface area contributed by atoms with Crippen LogP contribution in [0.15, 0.2) is 23.6 Å². The third kappa shape index (κ3) is 2.69. The number of carbonyl (C=O) groups is 1. The molecule has 124 valence electrons. The summed E-state index contributed by atoms with van der Waals surface area (Å²) in [6.07, 6.45) is 2.85. The van der Waals surface area contributed by atoms with Crippen LogP contribution in [0, 0.1) is 12.7 Å². The quantitative estimate of drug-likeness (QED) is 0.768.